The van der Waals surface area contributed by atoms with E-state index >= 15 is 0 Å². The normalized spacial score (nSPS) is 11.3. The number of hydrogen-bond acceptors (Lipinski definition) is 2. The van der Waals surface area contributed by atoms with Gasteiger partial charge >= 0.3 is 0 Å². The molecule has 116 valence electrons. The number of aryl methyl sites for hydroxylation is 1. The molecule has 0 aliphatic rings. The van der Waals surface area contributed by atoms with Gasteiger partial charge in [0, 0.05) is 16.8 Å². The highest BCUT2D eigenvalue weighted by atomic mass is 35.5. The van der Waals surface area contributed by atoms with Crippen molar-refractivity contribution in [2.24, 2.45) is 0 Å². The molecule has 0 bridgehead atoms. The lowest BCUT2D eigenvalue weighted by atomic mass is 9.85. The number of para-hydroxylation sites is 1. The second-order valence-corrected chi connectivity index (χ2v) is 6.78. The molecule has 0 saturated heterocycles. The summed E-state index contributed by atoms with van der Waals surface area (Å²) in [4.78, 5) is 12.5. The molecule has 2 aromatic rings. The van der Waals surface area contributed by atoms with Gasteiger partial charge in [-0.3, -0.25) is 4.79 Å². The molecule has 3 nitrogen and oxygen atoms in total. The number of hydrogen-bond donors (Lipinski definition) is 2. The van der Waals surface area contributed by atoms with E-state index in [4.69, 9.17) is 11.6 Å². The van der Waals surface area contributed by atoms with Crippen LogP contribution in [0.25, 0.3) is 0 Å². The fourth-order valence-electron chi connectivity index (χ4n) is 2.21. The summed E-state index contributed by atoms with van der Waals surface area (Å²) in [5.41, 5.74) is 2.50. The Morgan fingerprint density at radius 3 is 2.41 bits per heavy atom. The Balaban J connectivity index is 2.39. The molecule has 2 N–H and O–H groups in total. The Labute approximate surface area is 135 Å². The number of halogens is 1. The molecular weight excluding hydrogens is 298 g/mol. The van der Waals surface area contributed by atoms with E-state index in [0.29, 0.717) is 11.1 Å². The lowest BCUT2D eigenvalue weighted by molar-refractivity contribution is 0.102. The van der Waals surface area contributed by atoms with E-state index in [1.807, 2.05) is 52.0 Å². The molecule has 0 unspecified atom stereocenters. The topological polar surface area (TPSA) is 49.3 Å². The third-order valence-corrected chi connectivity index (χ3v) is 3.81. The van der Waals surface area contributed by atoms with Crippen LogP contribution in [0.4, 0.5) is 5.69 Å². The molecule has 1 amide bonds. The Bertz CT molecular complexity index is 718. The minimum atomic E-state index is -0.313. The average molecular weight is 318 g/mol. The molecule has 2 rings (SSSR count). The third-order valence-electron chi connectivity index (χ3n) is 3.53. The molecular formula is C18H20ClNO2. The maximum absolute atomic E-state index is 12.5. The van der Waals surface area contributed by atoms with Crippen molar-refractivity contribution in [3.8, 4) is 5.75 Å². The Morgan fingerprint density at radius 1 is 1.18 bits per heavy atom. The molecule has 22 heavy (non-hydrogen) atoms. The molecule has 0 aliphatic heterocycles. The summed E-state index contributed by atoms with van der Waals surface area (Å²) in [5.74, 6) is -0.219. The van der Waals surface area contributed by atoms with Crippen LogP contribution in [0.1, 0.15) is 42.3 Å². The van der Waals surface area contributed by atoms with Crippen molar-refractivity contribution in [1.29, 1.82) is 0 Å². The third kappa shape index (κ3) is 3.42. The second kappa shape index (κ2) is 6.01. The van der Waals surface area contributed by atoms with Crippen LogP contribution in [0.5, 0.6) is 5.75 Å². The lowest BCUT2D eigenvalue weighted by Gasteiger charge is -2.22. The predicted molar refractivity (Wildman–Crippen MR) is 90.9 cm³/mol. The summed E-state index contributed by atoms with van der Waals surface area (Å²) >= 11 is 6.07. The molecule has 0 saturated carbocycles. The number of phenols is 1. The Hall–Kier alpha value is -2.00. The summed E-state index contributed by atoms with van der Waals surface area (Å²) in [6.07, 6.45) is 0. The molecule has 0 aliphatic carbocycles. The summed E-state index contributed by atoms with van der Waals surface area (Å²) in [5, 5.41) is 13.2. The van der Waals surface area contributed by atoms with Gasteiger partial charge in [0.05, 0.1) is 5.02 Å². The molecule has 4 heteroatoms. The van der Waals surface area contributed by atoms with E-state index in [9.17, 15) is 9.90 Å². The highest BCUT2D eigenvalue weighted by molar-refractivity contribution is 6.32. The SMILES string of the molecule is Cc1ccccc1NC(=O)c1cc(Cl)c(O)c(C(C)(C)C)c1. The predicted octanol–water partition coefficient (Wildman–Crippen LogP) is 4.90. The van der Waals surface area contributed by atoms with E-state index in [2.05, 4.69) is 5.32 Å². The number of carbonyl (C=O) groups is 1. The smallest absolute Gasteiger partial charge is 0.255 e. The number of nitrogens with one attached hydrogen (secondary N) is 1. The van der Waals surface area contributed by atoms with Crippen LogP contribution in [-0.4, -0.2) is 11.0 Å². The van der Waals surface area contributed by atoms with Crippen LogP contribution in [-0.2, 0) is 5.41 Å². The largest absolute Gasteiger partial charge is 0.506 e. The maximum Gasteiger partial charge on any atom is 0.255 e. The van der Waals surface area contributed by atoms with Crippen molar-refractivity contribution in [2.45, 2.75) is 33.1 Å². The number of rotatable bonds is 2. The molecule has 0 heterocycles. The van der Waals surface area contributed by atoms with Crippen LogP contribution < -0.4 is 5.32 Å². The number of amides is 1. The van der Waals surface area contributed by atoms with Gasteiger partial charge in [0.1, 0.15) is 5.75 Å². The van der Waals surface area contributed by atoms with Crippen LogP contribution >= 0.6 is 11.6 Å². The summed E-state index contributed by atoms with van der Waals surface area (Å²) < 4.78 is 0. The molecule has 0 atom stereocenters. The van der Waals surface area contributed by atoms with E-state index in [1.165, 1.54) is 6.07 Å². The van der Waals surface area contributed by atoms with Gasteiger partial charge in [0.2, 0.25) is 0 Å². The fourth-order valence-corrected chi connectivity index (χ4v) is 2.43. The number of carbonyl (C=O) groups excluding carboxylic acids is 1. The Kier molecular flexibility index (Phi) is 4.47. The fraction of sp³-hybridized carbons (Fsp3) is 0.278. The van der Waals surface area contributed by atoms with E-state index < -0.39 is 0 Å². The van der Waals surface area contributed by atoms with Gasteiger partial charge in [0.25, 0.3) is 5.91 Å². The highest BCUT2D eigenvalue weighted by Gasteiger charge is 2.22. The number of anilines is 1. The van der Waals surface area contributed by atoms with Gasteiger partial charge in [-0.2, -0.15) is 0 Å². The quantitative estimate of drug-likeness (QED) is 0.827. The zero-order valence-electron chi connectivity index (χ0n) is 13.2. The monoisotopic (exact) mass is 317 g/mol. The number of aromatic hydroxyl groups is 1. The first-order chi connectivity index (χ1) is 10.2. The van der Waals surface area contributed by atoms with Gasteiger partial charge in [-0.05, 0) is 36.1 Å². The first-order valence-electron chi connectivity index (χ1n) is 7.10. The first kappa shape index (κ1) is 16.4. The zero-order chi connectivity index (χ0) is 16.5. The van der Waals surface area contributed by atoms with Crippen molar-refractivity contribution >= 4 is 23.2 Å². The van der Waals surface area contributed by atoms with Crippen molar-refractivity contribution in [3.63, 3.8) is 0 Å². The zero-order valence-corrected chi connectivity index (χ0v) is 14.0. The van der Waals surface area contributed by atoms with Crippen LogP contribution in [0.3, 0.4) is 0 Å². The molecule has 2 aromatic carbocycles. The van der Waals surface area contributed by atoms with Crippen LogP contribution in [0.15, 0.2) is 36.4 Å². The Morgan fingerprint density at radius 2 is 1.82 bits per heavy atom. The van der Waals surface area contributed by atoms with Crippen molar-refractivity contribution in [2.75, 3.05) is 5.32 Å². The van der Waals surface area contributed by atoms with Crippen LogP contribution in [0.2, 0.25) is 5.02 Å². The standard InChI is InChI=1S/C18H20ClNO2/c1-11-7-5-6-8-15(11)20-17(22)12-9-13(18(2,3)4)16(21)14(19)10-12/h5-10,21H,1-4H3,(H,20,22). The van der Waals surface area contributed by atoms with Crippen molar-refractivity contribution in [3.05, 3.63) is 58.1 Å². The number of benzene rings is 2. The van der Waals surface area contributed by atoms with Crippen LogP contribution in [0, 0.1) is 6.92 Å². The summed E-state index contributed by atoms with van der Waals surface area (Å²) in [6.45, 7) is 7.81. The van der Waals surface area contributed by atoms with Gasteiger partial charge in [-0.15, -0.1) is 0 Å². The summed E-state index contributed by atoms with van der Waals surface area (Å²) in [7, 11) is 0. The average Bonchev–Trinajstić information content (AvgIpc) is 2.42. The van der Waals surface area contributed by atoms with Gasteiger partial charge < -0.3 is 10.4 Å². The van der Waals surface area contributed by atoms with Gasteiger partial charge in [0.15, 0.2) is 0 Å². The second-order valence-electron chi connectivity index (χ2n) is 6.37. The molecule has 0 fully saturated rings. The van der Waals surface area contributed by atoms with E-state index in [0.717, 1.165) is 11.3 Å². The van der Waals surface area contributed by atoms with E-state index in [-0.39, 0.29) is 22.1 Å². The molecule has 0 aromatic heterocycles. The van der Waals surface area contributed by atoms with Gasteiger partial charge in [-0.1, -0.05) is 50.6 Å². The molecule has 0 radical (unpaired) electrons. The highest BCUT2D eigenvalue weighted by Crippen LogP contribution is 2.37. The summed E-state index contributed by atoms with van der Waals surface area (Å²) in [6, 6.07) is 10.7. The number of phenolic OH excluding ortho intramolecular Hbond substituents is 1. The van der Waals surface area contributed by atoms with E-state index in [1.54, 1.807) is 6.07 Å². The molecule has 0 spiro atoms. The van der Waals surface area contributed by atoms with Gasteiger partial charge in [-0.25, -0.2) is 0 Å². The van der Waals surface area contributed by atoms with Crippen molar-refractivity contribution < 1.29 is 9.90 Å². The maximum atomic E-state index is 12.5. The minimum Gasteiger partial charge on any atom is -0.506 e. The van der Waals surface area contributed by atoms with Crippen molar-refractivity contribution in [1.82, 2.24) is 0 Å². The lowest BCUT2D eigenvalue weighted by Crippen LogP contribution is -2.16. The first-order valence-corrected chi connectivity index (χ1v) is 7.48. The minimum absolute atomic E-state index is 0.0293.